The molecule has 2 N–H and O–H groups in total. The zero-order valence-corrected chi connectivity index (χ0v) is 9.82. The fraction of sp³-hybridized carbons (Fsp3) is 0.600. The molecule has 0 bridgehead atoms. The normalized spacial score (nSPS) is 19.8. The minimum atomic E-state index is -0.976. The van der Waals surface area contributed by atoms with Gasteiger partial charge >= 0.3 is 5.97 Å². The zero-order valence-electron chi connectivity index (χ0n) is 9.82. The molecule has 1 saturated heterocycles. The van der Waals surface area contributed by atoms with E-state index < -0.39 is 12.0 Å². The standard InChI is InChI=1S/C10H15N5O3/c16-9(1-3-14-7-12-6-13-14)15-4-2-11-5-8(15)10(17)18/h6-8,11H,1-5H2,(H,17,18). The summed E-state index contributed by atoms with van der Waals surface area (Å²) >= 11 is 0. The van der Waals surface area contributed by atoms with Crippen LogP contribution in [0, 0.1) is 0 Å². The second-order valence-electron chi connectivity index (χ2n) is 4.05. The molecule has 1 fully saturated rings. The number of amides is 1. The first kappa shape index (κ1) is 12.5. The molecular weight excluding hydrogens is 238 g/mol. The average Bonchev–Trinajstić information content (AvgIpc) is 2.89. The van der Waals surface area contributed by atoms with Crippen LogP contribution in [0.25, 0.3) is 0 Å². The van der Waals surface area contributed by atoms with E-state index in [0.29, 0.717) is 26.2 Å². The average molecular weight is 253 g/mol. The maximum atomic E-state index is 12.0. The Labute approximate surface area is 104 Å². The highest BCUT2D eigenvalue weighted by molar-refractivity contribution is 5.84. The van der Waals surface area contributed by atoms with E-state index in [-0.39, 0.29) is 12.3 Å². The van der Waals surface area contributed by atoms with Gasteiger partial charge in [-0.15, -0.1) is 0 Å². The van der Waals surface area contributed by atoms with Crippen LogP contribution in [0.15, 0.2) is 12.7 Å². The van der Waals surface area contributed by atoms with Crippen molar-refractivity contribution in [3.8, 4) is 0 Å². The minimum Gasteiger partial charge on any atom is -0.480 e. The Balaban J connectivity index is 1.92. The summed E-state index contributed by atoms with van der Waals surface area (Å²) in [5.41, 5.74) is 0. The molecule has 2 heterocycles. The van der Waals surface area contributed by atoms with Crippen molar-refractivity contribution < 1.29 is 14.7 Å². The number of hydrogen-bond donors (Lipinski definition) is 2. The molecule has 2 rings (SSSR count). The third kappa shape index (κ3) is 2.83. The van der Waals surface area contributed by atoms with E-state index in [1.54, 1.807) is 4.68 Å². The van der Waals surface area contributed by atoms with Gasteiger partial charge in [0.1, 0.15) is 18.7 Å². The topological polar surface area (TPSA) is 100 Å². The maximum absolute atomic E-state index is 12.0. The first-order valence-corrected chi connectivity index (χ1v) is 5.74. The first-order valence-electron chi connectivity index (χ1n) is 5.74. The van der Waals surface area contributed by atoms with Crippen molar-refractivity contribution in [3.63, 3.8) is 0 Å². The van der Waals surface area contributed by atoms with Gasteiger partial charge in [0, 0.05) is 26.1 Å². The summed E-state index contributed by atoms with van der Waals surface area (Å²) in [5.74, 6) is -1.14. The van der Waals surface area contributed by atoms with Crippen LogP contribution in [0.5, 0.6) is 0 Å². The lowest BCUT2D eigenvalue weighted by molar-refractivity contribution is -0.151. The lowest BCUT2D eigenvalue weighted by atomic mass is 10.2. The number of carbonyl (C=O) groups excluding carboxylic acids is 1. The van der Waals surface area contributed by atoms with Crippen molar-refractivity contribution >= 4 is 11.9 Å². The predicted molar refractivity (Wildman–Crippen MR) is 60.6 cm³/mol. The van der Waals surface area contributed by atoms with Gasteiger partial charge in [-0.2, -0.15) is 5.10 Å². The second kappa shape index (κ2) is 5.58. The van der Waals surface area contributed by atoms with Gasteiger partial charge in [0.15, 0.2) is 0 Å². The smallest absolute Gasteiger partial charge is 0.327 e. The molecule has 1 aromatic heterocycles. The molecule has 1 aliphatic rings. The van der Waals surface area contributed by atoms with E-state index in [4.69, 9.17) is 5.11 Å². The third-order valence-electron chi connectivity index (χ3n) is 2.87. The van der Waals surface area contributed by atoms with E-state index in [2.05, 4.69) is 15.4 Å². The number of carboxylic acids is 1. The van der Waals surface area contributed by atoms with Crippen molar-refractivity contribution in [1.29, 1.82) is 0 Å². The van der Waals surface area contributed by atoms with Gasteiger partial charge in [0.2, 0.25) is 5.91 Å². The van der Waals surface area contributed by atoms with Gasteiger partial charge in [-0.25, -0.2) is 9.78 Å². The van der Waals surface area contributed by atoms with Gasteiger partial charge in [-0.05, 0) is 0 Å². The van der Waals surface area contributed by atoms with Crippen LogP contribution in [0.1, 0.15) is 6.42 Å². The highest BCUT2D eigenvalue weighted by Gasteiger charge is 2.31. The number of nitrogens with one attached hydrogen (secondary N) is 1. The molecule has 8 nitrogen and oxygen atoms in total. The van der Waals surface area contributed by atoms with Crippen LogP contribution in [0.2, 0.25) is 0 Å². The molecule has 18 heavy (non-hydrogen) atoms. The number of piperazine rings is 1. The highest BCUT2D eigenvalue weighted by atomic mass is 16.4. The van der Waals surface area contributed by atoms with E-state index >= 15 is 0 Å². The Bertz CT molecular complexity index is 419. The van der Waals surface area contributed by atoms with Gasteiger partial charge in [-0.1, -0.05) is 0 Å². The molecule has 0 aliphatic carbocycles. The molecule has 98 valence electrons. The van der Waals surface area contributed by atoms with Crippen LogP contribution >= 0.6 is 0 Å². The van der Waals surface area contributed by atoms with Gasteiger partial charge in [0.05, 0.1) is 6.54 Å². The molecule has 0 radical (unpaired) electrons. The van der Waals surface area contributed by atoms with E-state index in [9.17, 15) is 9.59 Å². The molecule has 8 heteroatoms. The number of hydrogen-bond acceptors (Lipinski definition) is 5. The summed E-state index contributed by atoms with van der Waals surface area (Å²) in [6.07, 6.45) is 3.15. The van der Waals surface area contributed by atoms with E-state index in [0.717, 1.165) is 0 Å². The van der Waals surface area contributed by atoms with Crippen LogP contribution in [-0.4, -0.2) is 62.3 Å². The second-order valence-corrected chi connectivity index (χ2v) is 4.05. The molecule has 1 atom stereocenters. The minimum absolute atomic E-state index is 0.167. The van der Waals surface area contributed by atoms with Crippen molar-refractivity contribution in [2.75, 3.05) is 19.6 Å². The molecule has 1 unspecified atom stereocenters. The Kier molecular flexibility index (Phi) is 3.88. The molecule has 0 aromatic carbocycles. The fourth-order valence-electron chi connectivity index (χ4n) is 1.93. The van der Waals surface area contributed by atoms with Gasteiger partial charge < -0.3 is 15.3 Å². The Morgan fingerprint density at radius 2 is 2.33 bits per heavy atom. The molecule has 1 aliphatic heterocycles. The van der Waals surface area contributed by atoms with Gasteiger partial charge in [-0.3, -0.25) is 9.48 Å². The Morgan fingerprint density at radius 3 is 3.00 bits per heavy atom. The Hall–Kier alpha value is -1.96. The number of aromatic nitrogens is 3. The lowest BCUT2D eigenvalue weighted by Crippen LogP contribution is -2.57. The predicted octanol–water partition coefficient (Wildman–Crippen LogP) is -1.45. The van der Waals surface area contributed by atoms with Crippen LogP contribution in [0.4, 0.5) is 0 Å². The summed E-state index contributed by atoms with van der Waals surface area (Å²) in [6.45, 7) is 1.76. The summed E-state index contributed by atoms with van der Waals surface area (Å²) in [7, 11) is 0. The van der Waals surface area contributed by atoms with Gasteiger partial charge in [0.25, 0.3) is 0 Å². The summed E-state index contributed by atoms with van der Waals surface area (Å²) in [4.78, 5) is 28.2. The number of carboxylic acid groups (broad SMARTS) is 1. The number of rotatable bonds is 4. The first-order chi connectivity index (χ1) is 8.68. The van der Waals surface area contributed by atoms with Crippen LogP contribution < -0.4 is 5.32 Å². The fourth-order valence-corrected chi connectivity index (χ4v) is 1.93. The molecule has 0 saturated carbocycles. The van der Waals surface area contributed by atoms with Crippen molar-refractivity contribution in [3.05, 3.63) is 12.7 Å². The van der Waals surface area contributed by atoms with Crippen molar-refractivity contribution in [1.82, 2.24) is 25.0 Å². The van der Waals surface area contributed by atoms with Crippen LogP contribution in [0.3, 0.4) is 0 Å². The number of aryl methyl sites for hydroxylation is 1. The van der Waals surface area contributed by atoms with E-state index in [1.807, 2.05) is 0 Å². The van der Waals surface area contributed by atoms with Crippen LogP contribution in [-0.2, 0) is 16.1 Å². The number of aliphatic carboxylic acids is 1. The summed E-state index contributed by atoms with van der Waals surface area (Å²) in [5, 5.41) is 15.9. The monoisotopic (exact) mass is 253 g/mol. The van der Waals surface area contributed by atoms with Crippen molar-refractivity contribution in [2.24, 2.45) is 0 Å². The SMILES string of the molecule is O=C(O)C1CNCCN1C(=O)CCn1cncn1. The summed E-state index contributed by atoms with van der Waals surface area (Å²) < 4.78 is 1.55. The van der Waals surface area contributed by atoms with Crippen molar-refractivity contribution in [2.45, 2.75) is 19.0 Å². The summed E-state index contributed by atoms with van der Waals surface area (Å²) in [6, 6.07) is -0.776. The largest absolute Gasteiger partial charge is 0.480 e. The maximum Gasteiger partial charge on any atom is 0.327 e. The Morgan fingerprint density at radius 1 is 1.50 bits per heavy atom. The lowest BCUT2D eigenvalue weighted by Gasteiger charge is -2.33. The number of carbonyl (C=O) groups is 2. The number of nitrogens with zero attached hydrogens (tertiary/aromatic N) is 4. The molecule has 0 spiro atoms. The highest BCUT2D eigenvalue weighted by Crippen LogP contribution is 2.06. The quantitative estimate of drug-likeness (QED) is 0.681. The molecular formula is C10H15N5O3. The molecule has 1 aromatic rings. The third-order valence-corrected chi connectivity index (χ3v) is 2.87. The van der Waals surface area contributed by atoms with E-state index in [1.165, 1.54) is 17.6 Å². The molecule has 1 amide bonds. The zero-order chi connectivity index (χ0) is 13.0.